The van der Waals surface area contributed by atoms with E-state index in [1.54, 1.807) is 18.3 Å². The molecule has 72 valence electrons. The van der Waals surface area contributed by atoms with Crippen molar-refractivity contribution in [2.24, 2.45) is 5.73 Å². The highest BCUT2D eigenvalue weighted by Gasteiger charge is 2.12. The van der Waals surface area contributed by atoms with Crippen LogP contribution in [0.25, 0.3) is 11.0 Å². The quantitative estimate of drug-likeness (QED) is 0.736. The summed E-state index contributed by atoms with van der Waals surface area (Å²) in [4.78, 5) is 20.2. The number of aromatic nitrogens is 2. The van der Waals surface area contributed by atoms with Crippen molar-refractivity contribution in [1.82, 2.24) is 9.71 Å². The summed E-state index contributed by atoms with van der Waals surface area (Å²) < 4.78 is 1.41. The van der Waals surface area contributed by atoms with E-state index in [9.17, 15) is 4.79 Å². The largest absolute Gasteiger partial charge is 0.416 e. The molecule has 0 saturated heterocycles. The molecule has 2 aromatic heterocycles. The molecule has 2 heterocycles. The molecule has 5 nitrogen and oxygen atoms in total. The van der Waals surface area contributed by atoms with Gasteiger partial charge in [-0.05, 0) is 12.1 Å². The van der Waals surface area contributed by atoms with Crippen LogP contribution in [0.4, 0.5) is 0 Å². The van der Waals surface area contributed by atoms with Gasteiger partial charge in [-0.2, -0.15) is 4.73 Å². The lowest BCUT2D eigenvalue weighted by Crippen LogP contribution is -2.10. The van der Waals surface area contributed by atoms with Crippen molar-refractivity contribution in [3.8, 4) is 0 Å². The van der Waals surface area contributed by atoms with E-state index < -0.39 is 5.91 Å². The van der Waals surface area contributed by atoms with Gasteiger partial charge in [0, 0.05) is 11.6 Å². The van der Waals surface area contributed by atoms with Crippen molar-refractivity contribution in [3.05, 3.63) is 30.1 Å². The highest BCUT2D eigenvalue weighted by molar-refractivity contribution is 6.05. The molecule has 0 bridgehead atoms. The minimum atomic E-state index is -0.487. The molecule has 0 aliphatic carbocycles. The zero-order valence-electron chi connectivity index (χ0n) is 7.60. The molecule has 14 heavy (non-hydrogen) atoms. The molecule has 0 spiro atoms. The summed E-state index contributed by atoms with van der Waals surface area (Å²) in [5.41, 5.74) is 6.21. The molecule has 0 atom stereocenters. The van der Waals surface area contributed by atoms with Crippen molar-refractivity contribution in [2.75, 3.05) is 7.11 Å². The average Bonchev–Trinajstić information content (AvgIpc) is 2.56. The van der Waals surface area contributed by atoms with Gasteiger partial charge in [0.1, 0.15) is 7.11 Å². The third-order valence-corrected chi connectivity index (χ3v) is 1.99. The molecular formula is C9H9N3O2. The highest BCUT2D eigenvalue weighted by atomic mass is 16.6. The second-order valence-corrected chi connectivity index (χ2v) is 2.79. The van der Waals surface area contributed by atoms with Gasteiger partial charge in [0.05, 0.1) is 11.8 Å². The number of hydrogen-bond donors (Lipinski definition) is 1. The van der Waals surface area contributed by atoms with Crippen LogP contribution in [0.1, 0.15) is 10.4 Å². The summed E-state index contributed by atoms with van der Waals surface area (Å²) in [5, 5.41) is 0.696. The Balaban J connectivity index is 2.80. The number of nitrogens with two attached hydrogens (primary N) is 1. The number of carbonyl (C=O) groups excluding carboxylic acids is 1. The lowest BCUT2D eigenvalue weighted by molar-refractivity contribution is 0.0999. The first kappa shape index (κ1) is 8.55. The van der Waals surface area contributed by atoms with Crippen LogP contribution in [0.15, 0.2) is 24.5 Å². The van der Waals surface area contributed by atoms with Crippen LogP contribution in [0.2, 0.25) is 0 Å². The summed E-state index contributed by atoms with van der Waals surface area (Å²) in [6.45, 7) is 0. The Morgan fingerprint density at radius 2 is 2.43 bits per heavy atom. The molecule has 0 aliphatic heterocycles. The molecule has 2 rings (SSSR count). The lowest BCUT2D eigenvalue weighted by atomic mass is 10.2. The highest BCUT2D eigenvalue weighted by Crippen LogP contribution is 2.17. The standard InChI is InChI=1S/C9H9N3O2/c1-14-12-5-7(8(10)13)6-3-2-4-11-9(6)12/h2-5H,1H3,(H2,10,13). The van der Waals surface area contributed by atoms with E-state index in [2.05, 4.69) is 4.98 Å². The average molecular weight is 191 g/mol. The maximum atomic E-state index is 11.1. The topological polar surface area (TPSA) is 70.1 Å². The van der Waals surface area contributed by atoms with Gasteiger partial charge in [0.25, 0.3) is 5.91 Å². The van der Waals surface area contributed by atoms with Crippen LogP contribution < -0.4 is 10.6 Å². The maximum Gasteiger partial charge on any atom is 0.251 e. The number of primary amides is 1. The fraction of sp³-hybridized carbons (Fsp3) is 0.111. The number of amides is 1. The molecule has 1 amide bonds. The van der Waals surface area contributed by atoms with Gasteiger partial charge in [-0.25, -0.2) is 4.98 Å². The fourth-order valence-corrected chi connectivity index (χ4v) is 1.37. The molecule has 0 fully saturated rings. The van der Waals surface area contributed by atoms with Crippen LogP contribution in [0.5, 0.6) is 0 Å². The van der Waals surface area contributed by atoms with E-state index in [0.717, 1.165) is 0 Å². The van der Waals surface area contributed by atoms with E-state index in [1.807, 2.05) is 0 Å². The Morgan fingerprint density at radius 1 is 1.64 bits per heavy atom. The van der Waals surface area contributed by atoms with E-state index in [0.29, 0.717) is 16.6 Å². The van der Waals surface area contributed by atoms with Gasteiger partial charge in [0.15, 0.2) is 5.65 Å². The van der Waals surface area contributed by atoms with E-state index in [-0.39, 0.29) is 0 Å². The Labute approximate surface area is 80.1 Å². The van der Waals surface area contributed by atoms with Gasteiger partial charge in [-0.1, -0.05) is 0 Å². The summed E-state index contributed by atoms with van der Waals surface area (Å²) in [6.07, 6.45) is 3.16. The molecule has 2 N–H and O–H groups in total. The third kappa shape index (κ3) is 1.10. The van der Waals surface area contributed by atoms with Crippen molar-refractivity contribution >= 4 is 16.9 Å². The van der Waals surface area contributed by atoms with Crippen LogP contribution >= 0.6 is 0 Å². The lowest BCUT2D eigenvalue weighted by Gasteiger charge is -1.98. The number of carbonyl (C=O) groups is 1. The Kier molecular flexibility index (Phi) is 1.85. The Morgan fingerprint density at radius 3 is 3.07 bits per heavy atom. The molecule has 0 saturated carbocycles. The molecule has 0 radical (unpaired) electrons. The summed E-state index contributed by atoms with van der Waals surface area (Å²) >= 11 is 0. The van der Waals surface area contributed by atoms with E-state index >= 15 is 0 Å². The second-order valence-electron chi connectivity index (χ2n) is 2.79. The number of fused-ring (bicyclic) bond motifs is 1. The van der Waals surface area contributed by atoms with Crippen molar-refractivity contribution in [1.29, 1.82) is 0 Å². The van der Waals surface area contributed by atoms with Crippen LogP contribution in [0.3, 0.4) is 0 Å². The van der Waals surface area contributed by atoms with Gasteiger partial charge in [-0.3, -0.25) is 4.79 Å². The summed E-state index contributed by atoms with van der Waals surface area (Å²) in [6, 6.07) is 3.52. The van der Waals surface area contributed by atoms with Crippen molar-refractivity contribution in [2.45, 2.75) is 0 Å². The van der Waals surface area contributed by atoms with Crippen molar-refractivity contribution < 1.29 is 9.63 Å². The first-order valence-corrected chi connectivity index (χ1v) is 4.04. The minimum Gasteiger partial charge on any atom is -0.416 e. The zero-order chi connectivity index (χ0) is 10.1. The second kappa shape index (κ2) is 3.02. The number of nitrogens with zero attached hydrogens (tertiary/aromatic N) is 2. The first-order chi connectivity index (χ1) is 6.74. The fourth-order valence-electron chi connectivity index (χ4n) is 1.37. The predicted octanol–water partition coefficient (Wildman–Crippen LogP) is 0.194. The Hall–Kier alpha value is -2.04. The molecule has 0 aromatic carbocycles. The SMILES string of the molecule is COn1cc(C(N)=O)c2cccnc21. The first-order valence-electron chi connectivity index (χ1n) is 4.04. The van der Waals surface area contributed by atoms with Crippen LogP contribution in [0, 0.1) is 0 Å². The van der Waals surface area contributed by atoms with Gasteiger partial charge in [0.2, 0.25) is 0 Å². The van der Waals surface area contributed by atoms with E-state index in [4.69, 9.17) is 10.6 Å². The molecule has 2 aromatic rings. The molecule has 0 aliphatic rings. The minimum absolute atomic E-state index is 0.412. The molecule has 0 unspecified atom stereocenters. The van der Waals surface area contributed by atoms with E-state index in [1.165, 1.54) is 18.0 Å². The normalized spacial score (nSPS) is 10.4. The summed E-state index contributed by atoms with van der Waals surface area (Å²) in [5.74, 6) is -0.487. The monoisotopic (exact) mass is 191 g/mol. The predicted molar refractivity (Wildman–Crippen MR) is 50.8 cm³/mol. The van der Waals surface area contributed by atoms with Crippen LogP contribution in [-0.2, 0) is 0 Å². The van der Waals surface area contributed by atoms with Crippen molar-refractivity contribution in [3.63, 3.8) is 0 Å². The summed E-state index contributed by atoms with van der Waals surface area (Å²) in [7, 11) is 1.50. The number of hydrogen-bond acceptors (Lipinski definition) is 3. The maximum absolute atomic E-state index is 11.1. The van der Waals surface area contributed by atoms with Gasteiger partial charge >= 0.3 is 0 Å². The smallest absolute Gasteiger partial charge is 0.251 e. The van der Waals surface area contributed by atoms with Gasteiger partial charge in [-0.15, -0.1) is 0 Å². The number of rotatable bonds is 2. The number of pyridine rings is 1. The van der Waals surface area contributed by atoms with Crippen LogP contribution in [-0.4, -0.2) is 22.7 Å². The zero-order valence-corrected chi connectivity index (χ0v) is 7.60. The van der Waals surface area contributed by atoms with Gasteiger partial charge < -0.3 is 10.6 Å². The Bertz CT molecular complexity index is 490. The molecular weight excluding hydrogens is 182 g/mol. The third-order valence-electron chi connectivity index (χ3n) is 1.99. The molecule has 5 heteroatoms.